The minimum absolute atomic E-state index is 0.177. The molecule has 3 rings (SSSR count). The van der Waals surface area contributed by atoms with Crippen molar-refractivity contribution in [1.29, 1.82) is 5.26 Å². The first-order valence-electron chi connectivity index (χ1n) is 6.49. The van der Waals surface area contributed by atoms with E-state index in [2.05, 4.69) is 9.97 Å². The molecule has 0 unspecified atom stereocenters. The fourth-order valence-corrected chi connectivity index (χ4v) is 2.85. The summed E-state index contributed by atoms with van der Waals surface area (Å²) >= 11 is 1.49. The summed E-state index contributed by atoms with van der Waals surface area (Å²) in [6.45, 7) is 0. The van der Waals surface area contributed by atoms with Gasteiger partial charge in [-0.25, -0.2) is 4.98 Å². The number of benzene rings is 1. The molecule has 1 fully saturated rings. The Hall–Kier alpha value is -2.06. The van der Waals surface area contributed by atoms with Gasteiger partial charge >= 0.3 is 0 Å². The van der Waals surface area contributed by atoms with Gasteiger partial charge in [0, 0.05) is 11.7 Å². The van der Waals surface area contributed by atoms with Crippen LogP contribution in [0.5, 0.6) is 0 Å². The van der Waals surface area contributed by atoms with Gasteiger partial charge in [0.05, 0.1) is 5.69 Å². The Labute approximate surface area is 120 Å². The average Bonchev–Trinajstić information content (AvgIpc) is 3.30. The zero-order valence-electron chi connectivity index (χ0n) is 10.8. The number of nitrogens with zero attached hydrogens (tertiary/aromatic N) is 2. The average molecular weight is 283 g/mol. The lowest BCUT2D eigenvalue weighted by Gasteiger charge is -2.05. The molecule has 1 N–H and O–H groups in total. The van der Waals surface area contributed by atoms with Gasteiger partial charge in [0.2, 0.25) is 0 Å². The normalized spacial score (nSPS) is 13.9. The summed E-state index contributed by atoms with van der Waals surface area (Å²) in [6.07, 6.45) is 2.04. The van der Waals surface area contributed by atoms with Crippen LogP contribution in [-0.2, 0) is 5.75 Å². The van der Waals surface area contributed by atoms with E-state index < -0.39 is 0 Å². The number of hydrogen-bond donors (Lipinski definition) is 1. The van der Waals surface area contributed by atoms with Crippen LogP contribution in [0.3, 0.4) is 0 Å². The molecule has 0 aliphatic heterocycles. The van der Waals surface area contributed by atoms with Crippen LogP contribution >= 0.6 is 11.8 Å². The van der Waals surface area contributed by atoms with Crippen molar-refractivity contribution >= 4 is 11.8 Å². The van der Waals surface area contributed by atoms with Gasteiger partial charge in [-0.3, -0.25) is 4.79 Å². The monoisotopic (exact) mass is 283 g/mol. The lowest BCUT2D eigenvalue weighted by atomic mass is 10.2. The molecular weight excluding hydrogens is 270 g/mol. The summed E-state index contributed by atoms with van der Waals surface area (Å²) in [5, 5.41) is 9.65. The van der Waals surface area contributed by atoms with Gasteiger partial charge < -0.3 is 4.98 Å². The second-order valence-corrected chi connectivity index (χ2v) is 5.76. The molecule has 2 aromatic rings. The lowest BCUT2D eigenvalue weighted by molar-refractivity contribution is 0.853. The third-order valence-corrected chi connectivity index (χ3v) is 4.16. The summed E-state index contributed by atoms with van der Waals surface area (Å²) in [6, 6.07) is 12.0. The predicted molar refractivity (Wildman–Crippen MR) is 77.6 cm³/mol. The third-order valence-electron chi connectivity index (χ3n) is 3.22. The van der Waals surface area contributed by atoms with E-state index in [-0.39, 0.29) is 11.1 Å². The Bertz CT molecular complexity index is 714. The summed E-state index contributed by atoms with van der Waals surface area (Å²) < 4.78 is 0. The number of H-pyrrole nitrogens is 1. The Morgan fingerprint density at radius 3 is 2.75 bits per heavy atom. The number of rotatable bonds is 4. The van der Waals surface area contributed by atoms with Gasteiger partial charge in [0.15, 0.2) is 5.16 Å². The van der Waals surface area contributed by atoms with Crippen LogP contribution in [0.4, 0.5) is 0 Å². The maximum atomic E-state index is 11.9. The number of nitriles is 1. The molecule has 1 heterocycles. The molecule has 1 aromatic heterocycles. The van der Waals surface area contributed by atoms with Crippen LogP contribution in [0, 0.1) is 11.3 Å². The molecule has 0 atom stereocenters. The molecule has 4 nitrogen and oxygen atoms in total. The first kappa shape index (κ1) is 12.9. The second-order valence-electron chi connectivity index (χ2n) is 4.79. The molecule has 0 bridgehead atoms. The number of aromatic amines is 1. The van der Waals surface area contributed by atoms with Crippen molar-refractivity contribution < 1.29 is 0 Å². The van der Waals surface area contributed by atoms with Crippen molar-refractivity contribution in [3.63, 3.8) is 0 Å². The van der Waals surface area contributed by atoms with E-state index in [0.29, 0.717) is 16.8 Å². The Balaban J connectivity index is 1.84. The quantitative estimate of drug-likeness (QED) is 0.692. The van der Waals surface area contributed by atoms with Gasteiger partial charge in [0.25, 0.3) is 5.56 Å². The highest BCUT2D eigenvalue weighted by Gasteiger charge is 2.29. The van der Waals surface area contributed by atoms with Gasteiger partial charge in [0.1, 0.15) is 11.6 Å². The first-order valence-corrected chi connectivity index (χ1v) is 7.47. The van der Waals surface area contributed by atoms with Crippen molar-refractivity contribution in [3.8, 4) is 6.07 Å². The molecule has 1 saturated carbocycles. The van der Waals surface area contributed by atoms with Crippen LogP contribution in [-0.4, -0.2) is 9.97 Å². The number of hydrogen-bond acceptors (Lipinski definition) is 4. The molecule has 100 valence electrons. The zero-order chi connectivity index (χ0) is 13.9. The van der Waals surface area contributed by atoms with E-state index in [4.69, 9.17) is 5.26 Å². The molecule has 0 saturated heterocycles. The smallest absolute Gasteiger partial charge is 0.269 e. The third kappa shape index (κ3) is 2.75. The van der Waals surface area contributed by atoms with E-state index >= 15 is 0 Å². The van der Waals surface area contributed by atoms with Crippen molar-refractivity contribution in [3.05, 3.63) is 57.5 Å². The maximum absolute atomic E-state index is 11.9. The van der Waals surface area contributed by atoms with Crippen LogP contribution in [0.15, 0.2) is 40.3 Å². The van der Waals surface area contributed by atoms with E-state index in [0.717, 1.165) is 18.6 Å². The van der Waals surface area contributed by atoms with Gasteiger partial charge in [-0.2, -0.15) is 5.26 Å². The lowest BCUT2D eigenvalue weighted by Crippen LogP contribution is -2.16. The molecule has 20 heavy (non-hydrogen) atoms. The highest BCUT2D eigenvalue weighted by Crippen LogP contribution is 2.40. The zero-order valence-corrected chi connectivity index (χ0v) is 11.6. The fraction of sp³-hybridized carbons (Fsp3) is 0.267. The molecular formula is C15H13N3OS. The SMILES string of the molecule is N#Cc1c(C2CC2)nc(SCc2ccccc2)[nH]c1=O. The topological polar surface area (TPSA) is 69.5 Å². The summed E-state index contributed by atoms with van der Waals surface area (Å²) in [4.78, 5) is 19.1. The fourth-order valence-electron chi connectivity index (χ4n) is 2.02. The van der Waals surface area contributed by atoms with Crippen molar-refractivity contribution in [1.82, 2.24) is 9.97 Å². The molecule has 5 heteroatoms. The number of nitrogens with one attached hydrogen (secondary N) is 1. The van der Waals surface area contributed by atoms with Crippen LogP contribution in [0.2, 0.25) is 0 Å². The van der Waals surface area contributed by atoms with E-state index in [9.17, 15) is 4.79 Å². The maximum Gasteiger partial charge on any atom is 0.269 e. The highest BCUT2D eigenvalue weighted by atomic mass is 32.2. The molecule has 0 amide bonds. The van der Waals surface area contributed by atoms with Gasteiger partial charge in [-0.15, -0.1) is 0 Å². The number of thioether (sulfide) groups is 1. The Morgan fingerprint density at radius 2 is 2.10 bits per heavy atom. The van der Waals surface area contributed by atoms with E-state index in [1.807, 2.05) is 36.4 Å². The predicted octanol–water partition coefficient (Wildman–Crippen LogP) is 2.81. The molecule has 1 aromatic carbocycles. The van der Waals surface area contributed by atoms with E-state index in [1.165, 1.54) is 17.3 Å². The minimum atomic E-state index is -0.319. The molecule has 0 spiro atoms. The largest absolute Gasteiger partial charge is 0.300 e. The minimum Gasteiger partial charge on any atom is -0.300 e. The highest BCUT2D eigenvalue weighted by molar-refractivity contribution is 7.98. The van der Waals surface area contributed by atoms with E-state index in [1.54, 1.807) is 0 Å². The van der Waals surface area contributed by atoms with Gasteiger partial charge in [-0.05, 0) is 18.4 Å². The second kappa shape index (κ2) is 5.51. The summed E-state index contributed by atoms with van der Waals surface area (Å²) in [5.74, 6) is 1.04. The van der Waals surface area contributed by atoms with Gasteiger partial charge in [-0.1, -0.05) is 42.1 Å². The number of aromatic nitrogens is 2. The molecule has 0 radical (unpaired) electrons. The van der Waals surface area contributed by atoms with Crippen molar-refractivity contribution in [2.75, 3.05) is 0 Å². The molecule has 1 aliphatic carbocycles. The summed E-state index contributed by atoms with van der Waals surface area (Å²) in [5.41, 5.74) is 1.71. The Kier molecular flexibility index (Phi) is 3.57. The van der Waals surface area contributed by atoms with Crippen LogP contribution in [0.1, 0.15) is 35.6 Å². The van der Waals surface area contributed by atoms with Crippen molar-refractivity contribution in [2.45, 2.75) is 29.7 Å². The molecule has 1 aliphatic rings. The summed E-state index contributed by atoms with van der Waals surface area (Å²) in [7, 11) is 0. The van der Waals surface area contributed by atoms with Crippen LogP contribution in [0.25, 0.3) is 0 Å². The van der Waals surface area contributed by atoms with Crippen molar-refractivity contribution in [2.24, 2.45) is 0 Å². The Morgan fingerprint density at radius 1 is 1.35 bits per heavy atom. The van der Waals surface area contributed by atoms with Crippen LogP contribution < -0.4 is 5.56 Å². The first-order chi connectivity index (χ1) is 9.78. The standard InChI is InChI=1S/C15H13N3OS/c16-8-12-13(11-6-7-11)17-15(18-14(12)19)20-9-10-4-2-1-3-5-10/h1-5,11H,6-7,9H2,(H,17,18,19).